The third kappa shape index (κ3) is 19.6. The van der Waals surface area contributed by atoms with E-state index in [-0.39, 0.29) is 59.2 Å². The van der Waals surface area contributed by atoms with Crippen molar-refractivity contribution in [3.63, 3.8) is 0 Å². The van der Waals surface area contributed by atoms with Crippen LogP contribution in [0.3, 0.4) is 0 Å². The fourth-order valence-corrected chi connectivity index (χ4v) is 10.8. The van der Waals surface area contributed by atoms with Crippen LogP contribution in [0.1, 0.15) is 67.0 Å². The lowest BCUT2D eigenvalue weighted by Crippen LogP contribution is -2.50. The molecule has 0 spiro atoms. The Morgan fingerprint density at radius 1 is 0.716 bits per heavy atom. The van der Waals surface area contributed by atoms with Gasteiger partial charge in [-0.1, -0.05) is 29.9 Å². The number of nitrogens with zero attached hydrogens (tertiary/aromatic N) is 4. The molecule has 67 heavy (non-hydrogen) atoms. The van der Waals surface area contributed by atoms with Gasteiger partial charge in [-0.05, 0) is 37.8 Å². The van der Waals surface area contributed by atoms with Crippen LogP contribution in [0.4, 0.5) is 0 Å². The number of carbonyl (C=O) groups is 9. The molecule has 1 aliphatic carbocycles. The number of thioether (sulfide) groups is 4. The lowest BCUT2D eigenvalue weighted by Gasteiger charge is -2.36. The molecule has 2 aromatic rings. The first-order valence-corrected chi connectivity index (χ1v) is 25.3. The van der Waals surface area contributed by atoms with Gasteiger partial charge in [-0.15, -0.1) is 46.7 Å². The molecular weight excluding hydrogens is 1000 g/mol. The normalized spacial score (nSPS) is 17.4. The monoisotopic (exact) mass is 1050 g/mol. The number of alkyl halides is 2. The Bertz CT molecular complexity index is 1950. The molecule has 0 radical (unpaired) electrons. The summed E-state index contributed by atoms with van der Waals surface area (Å²) in [5.74, 6) is -11.0. The van der Waals surface area contributed by atoms with Gasteiger partial charge in [0.15, 0.2) is 0 Å². The van der Waals surface area contributed by atoms with Gasteiger partial charge in [0.2, 0.25) is 23.6 Å². The standard InChI is InChI=1S/C38H50Cl2N10O13S4/c39-15-66-27-8-9-43-34(50-27)33(65-14-24(36(59)45-12-30(55)56)49-26(52)7-5-21(42)38(62)63)19-3-1-2-18(31(19)57)32(22-10-28(67-16-40)47-17-46-22)64-13-23(35(58)44-11-29(53)54)48-25(51)6-4-20(41)37(60)61/h8-10,17-21,23-24,32-33H,1-7,11-16,41-42H2,(H,44,58)(H,45,59)(H,48,51)(H,49,52)(H,53,54)(H,55,56)(H,60,61)(H,62,63). The molecule has 29 heteroatoms. The molecule has 368 valence electrons. The Hall–Kier alpha value is -4.51. The van der Waals surface area contributed by atoms with Crippen LogP contribution in [0.15, 0.2) is 34.7 Å². The van der Waals surface area contributed by atoms with Gasteiger partial charge in [0, 0.05) is 42.4 Å². The summed E-state index contributed by atoms with van der Waals surface area (Å²) in [5.41, 5.74) is 11.5. The van der Waals surface area contributed by atoms with Gasteiger partial charge in [0.25, 0.3) is 0 Å². The van der Waals surface area contributed by atoms with Crippen molar-refractivity contribution in [2.75, 3.05) is 35.0 Å². The van der Waals surface area contributed by atoms with Crippen molar-refractivity contribution < 1.29 is 63.6 Å². The van der Waals surface area contributed by atoms with Crippen molar-refractivity contribution >= 4 is 124 Å². The summed E-state index contributed by atoms with van der Waals surface area (Å²) in [5, 5.41) is 45.8. The second-order valence-corrected chi connectivity index (χ2v) is 20.0. The predicted molar refractivity (Wildman–Crippen MR) is 248 cm³/mol. The second-order valence-electron chi connectivity index (χ2n) is 14.5. The van der Waals surface area contributed by atoms with Crippen LogP contribution in [0.25, 0.3) is 0 Å². The van der Waals surface area contributed by atoms with E-state index in [0.717, 1.165) is 23.5 Å². The zero-order valence-corrected chi connectivity index (χ0v) is 40.2. The van der Waals surface area contributed by atoms with E-state index in [2.05, 4.69) is 41.2 Å². The van der Waals surface area contributed by atoms with E-state index in [9.17, 15) is 58.8 Å². The quantitative estimate of drug-likeness (QED) is 0.0294. The molecule has 0 aliphatic heterocycles. The third-order valence-corrected chi connectivity index (χ3v) is 14.6. The number of aromatic nitrogens is 4. The summed E-state index contributed by atoms with van der Waals surface area (Å²) in [4.78, 5) is 131. The Morgan fingerprint density at radius 3 is 1.70 bits per heavy atom. The highest BCUT2D eigenvalue weighted by molar-refractivity contribution is 8.00. The number of rotatable bonds is 30. The first kappa shape index (κ1) is 56.8. The number of nitrogens with one attached hydrogen (secondary N) is 4. The van der Waals surface area contributed by atoms with Crippen LogP contribution in [0.2, 0.25) is 0 Å². The molecule has 4 amide bonds. The van der Waals surface area contributed by atoms with E-state index in [0.29, 0.717) is 35.0 Å². The van der Waals surface area contributed by atoms with Crippen molar-refractivity contribution in [2.45, 2.75) is 89.7 Å². The zero-order chi connectivity index (χ0) is 49.6. The molecule has 1 fully saturated rings. The number of hydrogen-bond donors (Lipinski definition) is 10. The van der Waals surface area contributed by atoms with Gasteiger partial charge in [0.1, 0.15) is 65.2 Å². The van der Waals surface area contributed by atoms with E-state index in [1.165, 1.54) is 36.0 Å². The highest BCUT2D eigenvalue weighted by Gasteiger charge is 2.44. The van der Waals surface area contributed by atoms with Gasteiger partial charge in [-0.25, -0.2) is 19.9 Å². The van der Waals surface area contributed by atoms with Crippen molar-refractivity contribution in [1.29, 1.82) is 0 Å². The minimum atomic E-state index is -1.39. The number of halogens is 2. The molecule has 8 atom stereocenters. The van der Waals surface area contributed by atoms with E-state index < -0.39 is 107 Å². The number of nitrogens with two attached hydrogens (primary N) is 2. The van der Waals surface area contributed by atoms with Crippen molar-refractivity contribution in [3.05, 3.63) is 36.2 Å². The van der Waals surface area contributed by atoms with Crippen LogP contribution >= 0.6 is 70.2 Å². The van der Waals surface area contributed by atoms with E-state index in [1.54, 1.807) is 12.1 Å². The number of carbonyl (C=O) groups excluding carboxylic acids is 5. The maximum Gasteiger partial charge on any atom is 0.322 e. The van der Waals surface area contributed by atoms with E-state index in [1.807, 2.05) is 0 Å². The second kappa shape index (κ2) is 29.4. The number of amides is 4. The molecule has 8 unspecified atom stereocenters. The van der Waals surface area contributed by atoms with Crippen molar-refractivity contribution in [2.24, 2.45) is 23.3 Å². The Kier molecular flexibility index (Phi) is 24.9. The fourth-order valence-electron chi connectivity index (χ4n) is 6.46. The summed E-state index contributed by atoms with van der Waals surface area (Å²) < 4.78 is 0. The molecule has 2 aromatic heterocycles. The molecule has 0 aromatic carbocycles. The van der Waals surface area contributed by atoms with Crippen LogP contribution < -0.4 is 32.7 Å². The summed E-state index contributed by atoms with van der Waals surface area (Å²) in [6.45, 7) is -1.57. The number of carboxylic acid groups (broad SMARTS) is 4. The smallest absolute Gasteiger partial charge is 0.322 e. The van der Waals surface area contributed by atoms with Gasteiger partial charge in [-0.2, -0.15) is 0 Å². The van der Waals surface area contributed by atoms with Gasteiger partial charge in [-0.3, -0.25) is 43.2 Å². The highest BCUT2D eigenvalue weighted by atomic mass is 35.5. The average Bonchev–Trinajstić information content (AvgIpc) is 3.28. The van der Waals surface area contributed by atoms with Crippen LogP contribution in [-0.2, 0) is 43.2 Å². The molecule has 3 rings (SSSR count). The average molecular weight is 1050 g/mol. The Labute approximate surface area is 410 Å². The molecule has 23 nitrogen and oxygen atoms in total. The summed E-state index contributed by atoms with van der Waals surface area (Å²) in [7, 11) is 0. The minimum absolute atomic E-state index is 0.119. The summed E-state index contributed by atoms with van der Waals surface area (Å²) in [6, 6.07) is -2.28. The van der Waals surface area contributed by atoms with E-state index in [4.69, 9.17) is 34.7 Å². The first-order valence-electron chi connectivity index (χ1n) is 20.2. The number of aliphatic carboxylic acids is 4. The molecule has 2 heterocycles. The van der Waals surface area contributed by atoms with Crippen LogP contribution in [-0.4, -0.2) is 153 Å². The zero-order valence-electron chi connectivity index (χ0n) is 35.4. The van der Waals surface area contributed by atoms with Crippen LogP contribution in [0.5, 0.6) is 0 Å². The molecule has 0 saturated heterocycles. The van der Waals surface area contributed by atoms with E-state index >= 15 is 4.79 Å². The topological polar surface area (TPSA) is 386 Å². The SMILES string of the molecule is NC(CCC(=O)NC(CSC(c1cc(SCCl)ncn1)C1CCCC(C(SCC(NC(=O)CCC(N)C(=O)O)C(=O)NCC(=O)O)c2nccc(SCCl)n2)C1=O)C(=O)NCC(=O)O)C(=O)O. The highest BCUT2D eigenvalue weighted by Crippen LogP contribution is 2.48. The van der Waals surface area contributed by atoms with Crippen LogP contribution in [0, 0.1) is 11.8 Å². The fraction of sp³-hybridized carbons (Fsp3) is 0.553. The summed E-state index contributed by atoms with van der Waals surface area (Å²) >= 11 is 16.5. The maximum absolute atomic E-state index is 15.1. The predicted octanol–water partition coefficient (Wildman–Crippen LogP) is 0.833. The number of Topliss-reactive ketones (excluding diaryl/α,β-unsaturated/α-hetero) is 1. The lowest BCUT2D eigenvalue weighted by atomic mass is 9.76. The summed E-state index contributed by atoms with van der Waals surface area (Å²) in [6.07, 6.45) is 2.50. The Morgan fingerprint density at radius 2 is 1.21 bits per heavy atom. The number of ketones is 1. The maximum atomic E-state index is 15.1. The minimum Gasteiger partial charge on any atom is -0.480 e. The molecular formula is C38H50Cl2N10O13S4. The van der Waals surface area contributed by atoms with Gasteiger partial charge < -0.3 is 53.2 Å². The number of hydrogen-bond acceptors (Lipinski definition) is 19. The molecule has 1 saturated carbocycles. The Balaban J connectivity index is 2.06. The van der Waals surface area contributed by atoms with Gasteiger partial charge >= 0.3 is 23.9 Å². The molecule has 12 N–H and O–H groups in total. The first-order chi connectivity index (χ1) is 31.8. The molecule has 1 aliphatic rings. The molecule has 0 bridgehead atoms. The third-order valence-electron chi connectivity index (χ3n) is 9.77. The largest absolute Gasteiger partial charge is 0.480 e. The number of carboxylic acids is 4. The lowest BCUT2D eigenvalue weighted by molar-refractivity contribution is -0.140. The van der Waals surface area contributed by atoms with Crippen molar-refractivity contribution in [1.82, 2.24) is 41.2 Å². The van der Waals surface area contributed by atoms with Crippen molar-refractivity contribution in [3.8, 4) is 0 Å². The van der Waals surface area contributed by atoms with Gasteiger partial charge in [0.05, 0.1) is 26.6 Å².